The maximum Gasteiger partial charge on any atom is 0.257 e. The summed E-state index contributed by atoms with van der Waals surface area (Å²) in [5, 5.41) is 8.64. The minimum absolute atomic E-state index is 0.0410. The van der Waals surface area contributed by atoms with E-state index in [0.29, 0.717) is 41.9 Å². The van der Waals surface area contributed by atoms with E-state index in [-0.39, 0.29) is 16.9 Å². The first-order valence-corrected chi connectivity index (χ1v) is 11.2. The molecule has 3 aromatic carbocycles. The van der Waals surface area contributed by atoms with Gasteiger partial charge in [0.1, 0.15) is 5.82 Å². The van der Waals surface area contributed by atoms with Gasteiger partial charge in [-0.1, -0.05) is 17.9 Å². The van der Waals surface area contributed by atoms with Crippen LogP contribution in [-0.2, 0) is 9.53 Å². The predicted molar refractivity (Wildman–Crippen MR) is 143 cm³/mol. The number of methoxy groups -OCH3 is 1. The number of anilines is 3. The first-order chi connectivity index (χ1) is 17.9. The van der Waals surface area contributed by atoms with Crippen molar-refractivity contribution in [2.45, 2.75) is 0 Å². The number of nitrogens with zero attached hydrogens (tertiary/aromatic N) is 3. The van der Waals surface area contributed by atoms with Gasteiger partial charge in [-0.05, 0) is 60.2 Å². The average Bonchev–Trinajstić information content (AvgIpc) is 2.92. The summed E-state index contributed by atoms with van der Waals surface area (Å²) < 4.78 is 20.2. The van der Waals surface area contributed by atoms with Crippen molar-refractivity contribution in [3.8, 4) is 24.7 Å². The van der Waals surface area contributed by atoms with E-state index < -0.39 is 11.7 Å². The van der Waals surface area contributed by atoms with Gasteiger partial charge < -0.3 is 10.1 Å². The molecule has 0 aliphatic carbocycles. The van der Waals surface area contributed by atoms with Crippen LogP contribution in [0, 0.1) is 30.5 Å². The lowest BCUT2D eigenvalue weighted by atomic mass is 10.1. The third-order valence-electron chi connectivity index (χ3n) is 5.34. The van der Waals surface area contributed by atoms with E-state index in [1.165, 1.54) is 30.5 Å². The first-order valence-electron chi connectivity index (χ1n) is 11.2. The lowest BCUT2D eigenvalue weighted by Crippen LogP contribution is -2.22. The van der Waals surface area contributed by atoms with Crippen molar-refractivity contribution in [1.82, 2.24) is 5.01 Å². The number of carbonyl (C=O) groups is 2. The van der Waals surface area contributed by atoms with Crippen LogP contribution in [0.4, 0.5) is 21.5 Å². The highest BCUT2D eigenvalue weighted by molar-refractivity contribution is 6.10. The number of hydrogen-bond donors (Lipinski definition) is 1. The van der Waals surface area contributed by atoms with E-state index in [1.807, 2.05) is 0 Å². The molecule has 0 radical (unpaired) electrons. The summed E-state index contributed by atoms with van der Waals surface area (Å²) in [6.45, 7) is 1.07. The molecule has 7 nitrogen and oxygen atoms in total. The third-order valence-corrected chi connectivity index (χ3v) is 5.34. The summed E-state index contributed by atoms with van der Waals surface area (Å²) >= 11 is 0. The van der Waals surface area contributed by atoms with E-state index in [1.54, 1.807) is 55.6 Å². The standard InChI is InChI=1S/C29H25FN4O3/c1-5-21-7-11-24(12-8-21)32-29(36)25-17-22(6-2)9-13-27(25)34(20-35)28-14-10-23(18-26(28)30)19-31-33(3)15-16-37-4/h1-2,7-14,17-20H,15-16H2,3-4H3,(H,32,36). The maximum atomic E-state index is 15.2. The Kier molecular flexibility index (Phi) is 9.15. The Bertz CT molecular complexity index is 1390. The topological polar surface area (TPSA) is 74.2 Å². The van der Waals surface area contributed by atoms with Gasteiger partial charge in [-0.2, -0.15) is 5.10 Å². The first kappa shape index (κ1) is 26.7. The summed E-state index contributed by atoms with van der Waals surface area (Å²) in [6, 6.07) is 15.5. The zero-order valence-electron chi connectivity index (χ0n) is 20.4. The molecule has 0 aliphatic heterocycles. The second-order valence-corrected chi connectivity index (χ2v) is 7.86. The van der Waals surface area contributed by atoms with Gasteiger partial charge in [0.05, 0.1) is 36.3 Å². The molecule has 0 fully saturated rings. The minimum atomic E-state index is -0.673. The predicted octanol–water partition coefficient (Wildman–Crippen LogP) is 4.25. The lowest BCUT2D eigenvalue weighted by Gasteiger charge is -2.22. The Hall–Kier alpha value is -4.92. The number of rotatable bonds is 10. The smallest absolute Gasteiger partial charge is 0.257 e. The molecule has 1 N–H and O–H groups in total. The molecule has 8 heteroatoms. The second-order valence-electron chi connectivity index (χ2n) is 7.86. The molecule has 3 rings (SSSR count). The number of ether oxygens (including phenoxy) is 1. The number of benzene rings is 3. The number of amides is 2. The minimum Gasteiger partial charge on any atom is -0.383 e. The fourth-order valence-corrected chi connectivity index (χ4v) is 3.35. The molecule has 3 aromatic rings. The second kappa shape index (κ2) is 12.7. The highest BCUT2D eigenvalue weighted by Crippen LogP contribution is 2.31. The van der Waals surface area contributed by atoms with Crippen molar-refractivity contribution in [1.29, 1.82) is 0 Å². The van der Waals surface area contributed by atoms with Gasteiger partial charge in [-0.15, -0.1) is 12.8 Å². The zero-order valence-corrected chi connectivity index (χ0v) is 20.4. The van der Waals surface area contributed by atoms with Crippen LogP contribution in [0.1, 0.15) is 27.0 Å². The van der Waals surface area contributed by atoms with Crippen LogP contribution in [0.3, 0.4) is 0 Å². The molecule has 37 heavy (non-hydrogen) atoms. The average molecular weight is 497 g/mol. The molecule has 0 aromatic heterocycles. The molecule has 0 heterocycles. The quantitative estimate of drug-likeness (QED) is 0.197. The van der Waals surface area contributed by atoms with E-state index in [4.69, 9.17) is 17.6 Å². The van der Waals surface area contributed by atoms with Crippen molar-refractivity contribution < 1.29 is 18.7 Å². The van der Waals surface area contributed by atoms with Crippen LogP contribution in [0.2, 0.25) is 0 Å². The number of halogens is 1. The molecule has 0 atom stereocenters. The van der Waals surface area contributed by atoms with Gasteiger partial charge in [0.2, 0.25) is 6.41 Å². The SMILES string of the molecule is C#Cc1ccc(NC(=O)c2cc(C#C)ccc2N(C=O)c2ccc(C=NN(C)CCOC)cc2F)cc1. The number of likely N-dealkylation sites (N-methyl/N-ethyl adjacent to an activating group) is 1. The molecule has 0 aliphatic rings. The molecule has 0 saturated heterocycles. The fourth-order valence-electron chi connectivity index (χ4n) is 3.35. The fraction of sp³-hybridized carbons (Fsp3) is 0.138. The van der Waals surface area contributed by atoms with Crippen LogP contribution >= 0.6 is 0 Å². The van der Waals surface area contributed by atoms with Crippen molar-refractivity contribution in [2.75, 3.05) is 37.5 Å². The van der Waals surface area contributed by atoms with Gasteiger partial charge in [-0.25, -0.2) is 4.39 Å². The van der Waals surface area contributed by atoms with Crippen molar-refractivity contribution in [3.05, 3.63) is 88.7 Å². The number of nitrogens with one attached hydrogen (secondary N) is 1. The highest BCUT2D eigenvalue weighted by atomic mass is 19.1. The van der Waals surface area contributed by atoms with Crippen LogP contribution in [-0.4, -0.2) is 50.8 Å². The van der Waals surface area contributed by atoms with E-state index in [0.717, 1.165) is 4.90 Å². The normalized spacial score (nSPS) is 10.4. The molecular weight excluding hydrogens is 471 g/mol. The number of terminal acetylenes is 2. The van der Waals surface area contributed by atoms with E-state index in [9.17, 15) is 9.59 Å². The number of hydrazone groups is 1. The van der Waals surface area contributed by atoms with Gasteiger partial charge in [0, 0.05) is 31.0 Å². The van der Waals surface area contributed by atoms with Crippen LogP contribution in [0.15, 0.2) is 65.8 Å². The van der Waals surface area contributed by atoms with Gasteiger partial charge in [-0.3, -0.25) is 19.5 Å². The Balaban J connectivity index is 1.93. The molecule has 0 spiro atoms. The van der Waals surface area contributed by atoms with E-state index in [2.05, 4.69) is 22.3 Å². The number of carbonyl (C=O) groups excluding carboxylic acids is 2. The Morgan fingerprint density at radius 2 is 1.73 bits per heavy atom. The molecule has 0 unspecified atom stereocenters. The van der Waals surface area contributed by atoms with Crippen LogP contribution < -0.4 is 10.2 Å². The lowest BCUT2D eigenvalue weighted by molar-refractivity contribution is -0.106. The Morgan fingerprint density at radius 1 is 1.05 bits per heavy atom. The van der Waals surface area contributed by atoms with Crippen LogP contribution in [0.25, 0.3) is 0 Å². The Labute approximate surface area is 215 Å². The molecular formula is C29H25FN4O3. The maximum absolute atomic E-state index is 15.2. The zero-order chi connectivity index (χ0) is 26.8. The molecule has 2 amide bonds. The van der Waals surface area contributed by atoms with Gasteiger partial charge >= 0.3 is 0 Å². The summed E-state index contributed by atoms with van der Waals surface area (Å²) in [7, 11) is 3.36. The van der Waals surface area contributed by atoms with Gasteiger partial charge in [0.15, 0.2) is 0 Å². The van der Waals surface area contributed by atoms with Crippen molar-refractivity contribution in [2.24, 2.45) is 5.10 Å². The van der Waals surface area contributed by atoms with Crippen molar-refractivity contribution >= 4 is 35.6 Å². The number of hydrogen-bond acceptors (Lipinski definition) is 5. The molecule has 0 bridgehead atoms. The molecule has 186 valence electrons. The Morgan fingerprint density at radius 3 is 2.35 bits per heavy atom. The summed E-state index contributed by atoms with van der Waals surface area (Å²) in [6.07, 6.45) is 12.8. The third kappa shape index (κ3) is 6.82. The van der Waals surface area contributed by atoms with Crippen molar-refractivity contribution in [3.63, 3.8) is 0 Å². The highest BCUT2D eigenvalue weighted by Gasteiger charge is 2.21. The monoisotopic (exact) mass is 496 g/mol. The molecule has 0 saturated carbocycles. The van der Waals surface area contributed by atoms with Gasteiger partial charge in [0.25, 0.3) is 5.91 Å². The summed E-state index contributed by atoms with van der Waals surface area (Å²) in [5.74, 6) is 3.77. The largest absolute Gasteiger partial charge is 0.383 e. The van der Waals surface area contributed by atoms with E-state index >= 15 is 4.39 Å². The summed E-state index contributed by atoms with van der Waals surface area (Å²) in [4.78, 5) is 26.4. The van der Waals surface area contributed by atoms with Crippen LogP contribution in [0.5, 0.6) is 0 Å². The summed E-state index contributed by atoms with van der Waals surface area (Å²) in [5.41, 5.74) is 2.27.